The molecule has 18 heavy (non-hydrogen) atoms. The molecule has 7 heteroatoms. The van der Waals surface area contributed by atoms with Crippen LogP contribution in [-0.2, 0) is 0 Å². The van der Waals surface area contributed by atoms with E-state index in [1.54, 1.807) is 19.0 Å². The Hall–Kier alpha value is -1.50. The Labute approximate surface area is 102 Å². The first-order chi connectivity index (χ1) is 8.40. The molecule has 0 heterocycles. The standard InChI is InChI=1S/C11H13F4NO2/c1-16(2)4-5-18-11-8(14)6(12)10(17-3)7(13)9(11)15/h4-5H2,1-3H3. The lowest BCUT2D eigenvalue weighted by Crippen LogP contribution is -2.20. The van der Waals surface area contributed by atoms with Crippen LogP contribution < -0.4 is 9.47 Å². The fourth-order valence-corrected chi connectivity index (χ4v) is 1.23. The Morgan fingerprint density at radius 1 is 0.889 bits per heavy atom. The SMILES string of the molecule is COc1c(F)c(F)c(OCCN(C)C)c(F)c1F. The highest BCUT2D eigenvalue weighted by atomic mass is 19.2. The molecule has 0 atom stereocenters. The molecule has 0 radical (unpaired) electrons. The summed E-state index contributed by atoms with van der Waals surface area (Å²) in [5.41, 5.74) is 0. The van der Waals surface area contributed by atoms with Gasteiger partial charge in [-0.3, -0.25) is 0 Å². The molecule has 3 nitrogen and oxygen atoms in total. The van der Waals surface area contributed by atoms with Crippen molar-refractivity contribution in [3.63, 3.8) is 0 Å². The van der Waals surface area contributed by atoms with Gasteiger partial charge < -0.3 is 14.4 Å². The zero-order valence-electron chi connectivity index (χ0n) is 10.2. The van der Waals surface area contributed by atoms with E-state index in [1.807, 2.05) is 0 Å². The Kier molecular flexibility index (Phi) is 4.77. The predicted octanol–water partition coefficient (Wildman–Crippen LogP) is 2.19. The summed E-state index contributed by atoms with van der Waals surface area (Å²) in [5, 5.41) is 0. The fraction of sp³-hybridized carbons (Fsp3) is 0.455. The van der Waals surface area contributed by atoms with E-state index in [0.29, 0.717) is 6.54 Å². The van der Waals surface area contributed by atoms with Gasteiger partial charge in [0.25, 0.3) is 0 Å². The lowest BCUT2D eigenvalue weighted by Gasteiger charge is -2.14. The minimum absolute atomic E-state index is 0.105. The first kappa shape index (κ1) is 14.6. The Balaban J connectivity index is 3.05. The van der Waals surface area contributed by atoms with Crippen molar-refractivity contribution >= 4 is 0 Å². The lowest BCUT2D eigenvalue weighted by molar-refractivity contribution is 0.230. The van der Waals surface area contributed by atoms with Gasteiger partial charge in [-0.1, -0.05) is 0 Å². The van der Waals surface area contributed by atoms with Gasteiger partial charge in [0.1, 0.15) is 6.61 Å². The molecule has 0 saturated heterocycles. The second-order valence-electron chi connectivity index (χ2n) is 3.77. The zero-order chi connectivity index (χ0) is 13.9. The summed E-state index contributed by atoms with van der Waals surface area (Å²) in [4.78, 5) is 1.69. The fourth-order valence-electron chi connectivity index (χ4n) is 1.23. The van der Waals surface area contributed by atoms with Crippen LogP contribution in [0.3, 0.4) is 0 Å². The van der Waals surface area contributed by atoms with Crippen LogP contribution in [0.2, 0.25) is 0 Å². The Morgan fingerprint density at radius 2 is 1.33 bits per heavy atom. The van der Waals surface area contributed by atoms with Gasteiger partial charge in [-0.05, 0) is 14.1 Å². The van der Waals surface area contributed by atoms with Gasteiger partial charge >= 0.3 is 0 Å². The van der Waals surface area contributed by atoms with Gasteiger partial charge in [0, 0.05) is 6.54 Å². The molecular formula is C11H13F4NO2. The largest absolute Gasteiger partial charge is 0.491 e. The number of nitrogens with zero attached hydrogens (tertiary/aromatic N) is 1. The first-order valence-corrected chi connectivity index (χ1v) is 5.07. The second-order valence-corrected chi connectivity index (χ2v) is 3.77. The molecule has 0 aliphatic carbocycles. The molecule has 1 rings (SSSR count). The van der Waals surface area contributed by atoms with Crippen LogP contribution in [0, 0.1) is 23.3 Å². The third-order valence-corrected chi connectivity index (χ3v) is 2.17. The zero-order valence-corrected chi connectivity index (χ0v) is 10.2. The monoisotopic (exact) mass is 267 g/mol. The number of likely N-dealkylation sites (N-methyl/N-ethyl adjacent to an activating group) is 1. The van der Waals surface area contributed by atoms with Crippen LogP contribution in [0.1, 0.15) is 0 Å². The second kappa shape index (κ2) is 5.90. The van der Waals surface area contributed by atoms with Gasteiger partial charge in [-0.25, -0.2) is 0 Å². The van der Waals surface area contributed by atoms with Gasteiger partial charge in [-0.2, -0.15) is 17.6 Å². The van der Waals surface area contributed by atoms with E-state index in [4.69, 9.17) is 4.74 Å². The van der Waals surface area contributed by atoms with E-state index in [1.165, 1.54) is 0 Å². The lowest BCUT2D eigenvalue weighted by atomic mass is 10.2. The minimum Gasteiger partial charge on any atom is -0.491 e. The smallest absolute Gasteiger partial charge is 0.207 e. The minimum atomic E-state index is -1.61. The molecule has 0 aliphatic heterocycles. The van der Waals surface area contributed by atoms with E-state index < -0.39 is 34.8 Å². The molecule has 0 fully saturated rings. The average Bonchev–Trinajstić information content (AvgIpc) is 2.31. The van der Waals surface area contributed by atoms with Crippen molar-refractivity contribution in [1.82, 2.24) is 4.90 Å². The van der Waals surface area contributed by atoms with E-state index in [0.717, 1.165) is 7.11 Å². The summed E-state index contributed by atoms with van der Waals surface area (Å²) in [6, 6.07) is 0. The first-order valence-electron chi connectivity index (χ1n) is 5.07. The summed E-state index contributed by atoms with van der Waals surface area (Å²) in [6.07, 6.45) is 0. The Bertz CT molecular complexity index is 409. The molecule has 0 aromatic heterocycles. The molecule has 0 saturated carbocycles. The van der Waals surface area contributed by atoms with Crippen molar-refractivity contribution < 1.29 is 27.0 Å². The summed E-state index contributed by atoms with van der Waals surface area (Å²) in [5.74, 6) is -8.63. The van der Waals surface area contributed by atoms with Crippen LogP contribution >= 0.6 is 0 Å². The summed E-state index contributed by atoms with van der Waals surface area (Å²) in [7, 11) is 4.34. The number of benzene rings is 1. The molecule has 102 valence electrons. The maximum absolute atomic E-state index is 13.4. The summed E-state index contributed by atoms with van der Waals surface area (Å²) < 4.78 is 62.4. The number of hydrogen-bond donors (Lipinski definition) is 0. The normalized spacial score (nSPS) is 10.9. The number of methoxy groups -OCH3 is 1. The van der Waals surface area contributed by atoms with E-state index in [-0.39, 0.29) is 6.61 Å². The van der Waals surface area contributed by atoms with Crippen molar-refractivity contribution in [2.75, 3.05) is 34.4 Å². The van der Waals surface area contributed by atoms with Gasteiger partial charge in [0.05, 0.1) is 7.11 Å². The maximum Gasteiger partial charge on any atom is 0.207 e. The number of rotatable bonds is 5. The molecular weight excluding hydrogens is 254 g/mol. The number of hydrogen-bond acceptors (Lipinski definition) is 3. The van der Waals surface area contributed by atoms with Gasteiger partial charge in [0.2, 0.25) is 23.3 Å². The molecule has 0 bridgehead atoms. The number of ether oxygens (including phenoxy) is 2. The molecule has 0 spiro atoms. The summed E-state index contributed by atoms with van der Waals surface area (Å²) in [6.45, 7) is 0.236. The molecule has 0 amide bonds. The van der Waals surface area contributed by atoms with Crippen LogP contribution in [-0.4, -0.2) is 39.3 Å². The average molecular weight is 267 g/mol. The quantitative estimate of drug-likeness (QED) is 0.603. The Morgan fingerprint density at radius 3 is 1.72 bits per heavy atom. The maximum atomic E-state index is 13.4. The highest BCUT2D eigenvalue weighted by Gasteiger charge is 2.27. The highest BCUT2D eigenvalue weighted by Crippen LogP contribution is 2.34. The van der Waals surface area contributed by atoms with Crippen LogP contribution in [0.15, 0.2) is 0 Å². The molecule has 0 N–H and O–H groups in total. The van der Waals surface area contributed by atoms with Crippen LogP contribution in [0.4, 0.5) is 17.6 Å². The topological polar surface area (TPSA) is 21.7 Å². The van der Waals surface area contributed by atoms with Crippen molar-refractivity contribution in [3.8, 4) is 11.5 Å². The van der Waals surface area contributed by atoms with Gasteiger partial charge in [-0.15, -0.1) is 0 Å². The molecule has 1 aromatic carbocycles. The van der Waals surface area contributed by atoms with Crippen molar-refractivity contribution in [2.24, 2.45) is 0 Å². The summed E-state index contributed by atoms with van der Waals surface area (Å²) >= 11 is 0. The van der Waals surface area contributed by atoms with E-state index >= 15 is 0 Å². The van der Waals surface area contributed by atoms with E-state index in [2.05, 4.69) is 4.74 Å². The van der Waals surface area contributed by atoms with E-state index in [9.17, 15) is 17.6 Å². The van der Waals surface area contributed by atoms with Crippen molar-refractivity contribution in [3.05, 3.63) is 23.3 Å². The third kappa shape index (κ3) is 2.84. The molecule has 1 aromatic rings. The highest BCUT2D eigenvalue weighted by molar-refractivity contribution is 5.38. The number of halogens is 4. The van der Waals surface area contributed by atoms with Gasteiger partial charge in [0.15, 0.2) is 11.5 Å². The molecule has 0 unspecified atom stereocenters. The van der Waals surface area contributed by atoms with Crippen molar-refractivity contribution in [2.45, 2.75) is 0 Å². The molecule has 0 aliphatic rings. The van der Waals surface area contributed by atoms with Crippen LogP contribution in [0.25, 0.3) is 0 Å². The van der Waals surface area contributed by atoms with Crippen LogP contribution in [0.5, 0.6) is 11.5 Å². The third-order valence-electron chi connectivity index (χ3n) is 2.17. The van der Waals surface area contributed by atoms with Crippen molar-refractivity contribution in [1.29, 1.82) is 0 Å². The predicted molar refractivity (Wildman–Crippen MR) is 56.9 cm³/mol.